The summed E-state index contributed by atoms with van der Waals surface area (Å²) in [4.78, 5) is 8.46. The number of aromatic nitrogens is 4. The first-order valence-electron chi connectivity index (χ1n) is 7.59. The molecule has 0 aliphatic heterocycles. The van der Waals surface area contributed by atoms with Crippen molar-refractivity contribution in [2.45, 2.75) is 19.1 Å². The smallest absolute Gasteiger partial charge is 0.348 e. The fourth-order valence-corrected chi connectivity index (χ4v) is 2.55. The number of aryl methyl sites for hydroxylation is 1. The molecule has 0 saturated carbocycles. The molecule has 1 N–H and O–H groups in total. The molecule has 0 fully saturated rings. The molecule has 8 heteroatoms. The molecule has 2 heterocycles. The number of anilines is 1. The van der Waals surface area contributed by atoms with Crippen molar-refractivity contribution in [3.05, 3.63) is 60.0 Å². The lowest BCUT2D eigenvalue weighted by Crippen LogP contribution is -2.16. The summed E-state index contributed by atoms with van der Waals surface area (Å²) in [5, 5.41) is 7.02. The zero-order chi connectivity index (χ0) is 18.0. The highest BCUT2D eigenvalue weighted by molar-refractivity contribution is 5.58. The Hall–Kier alpha value is -2.90. The first kappa shape index (κ1) is 16.9. The second-order valence-electron chi connectivity index (χ2n) is 5.62. The van der Waals surface area contributed by atoms with Gasteiger partial charge in [-0.2, -0.15) is 18.3 Å². The third kappa shape index (κ3) is 3.78. The highest BCUT2D eigenvalue weighted by Crippen LogP contribution is 2.35. The number of alkyl halides is 3. The molecule has 0 amide bonds. The first-order chi connectivity index (χ1) is 11.8. The van der Waals surface area contributed by atoms with Gasteiger partial charge in [0.25, 0.3) is 0 Å². The summed E-state index contributed by atoms with van der Waals surface area (Å²) in [6.45, 7) is 1.64. The topological polar surface area (TPSA) is 55.6 Å². The second-order valence-corrected chi connectivity index (χ2v) is 5.62. The Kier molecular flexibility index (Phi) is 4.43. The van der Waals surface area contributed by atoms with E-state index in [-0.39, 0.29) is 11.5 Å². The maximum Gasteiger partial charge on any atom is 0.416 e. The molecule has 0 saturated heterocycles. The fourth-order valence-electron chi connectivity index (χ4n) is 2.55. The fraction of sp³-hybridized carbons (Fsp3) is 0.235. The van der Waals surface area contributed by atoms with Crippen LogP contribution in [0.3, 0.4) is 0 Å². The standard InChI is InChI=1S/C17H16F3N5/c1-11(13-5-3-4-6-14(13)17(18,19)20)23-16-21-8-7-15(24-16)12-9-22-25(2)10-12/h3-11H,1-2H3,(H,21,23,24). The van der Waals surface area contributed by atoms with E-state index in [0.29, 0.717) is 5.69 Å². The minimum Gasteiger partial charge on any atom is -0.348 e. The minimum absolute atomic E-state index is 0.144. The molecular weight excluding hydrogens is 331 g/mol. The van der Waals surface area contributed by atoms with Crippen LogP contribution < -0.4 is 5.32 Å². The molecular formula is C17H16F3N5. The van der Waals surface area contributed by atoms with Gasteiger partial charge in [-0.05, 0) is 24.6 Å². The molecule has 0 aliphatic carbocycles. The lowest BCUT2D eigenvalue weighted by molar-refractivity contribution is -0.138. The van der Waals surface area contributed by atoms with Gasteiger partial charge in [0.1, 0.15) is 0 Å². The van der Waals surface area contributed by atoms with Crippen LogP contribution in [-0.2, 0) is 13.2 Å². The van der Waals surface area contributed by atoms with Crippen molar-refractivity contribution >= 4 is 5.95 Å². The molecule has 1 aromatic carbocycles. The van der Waals surface area contributed by atoms with Gasteiger partial charge in [-0.15, -0.1) is 0 Å². The molecule has 0 bridgehead atoms. The van der Waals surface area contributed by atoms with E-state index in [1.165, 1.54) is 12.1 Å². The lowest BCUT2D eigenvalue weighted by Gasteiger charge is -2.19. The predicted octanol–water partition coefficient (Wildman–Crippen LogP) is 4.07. The van der Waals surface area contributed by atoms with Crippen molar-refractivity contribution in [1.82, 2.24) is 19.7 Å². The van der Waals surface area contributed by atoms with Gasteiger partial charge in [-0.1, -0.05) is 18.2 Å². The maximum atomic E-state index is 13.2. The van der Waals surface area contributed by atoms with E-state index in [2.05, 4.69) is 20.4 Å². The Balaban J connectivity index is 1.86. The Bertz CT molecular complexity index is 872. The summed E-state index contributed by atoms with van der Waals surface area (Å²) in [6, 6.07) is 6.58. The number of hydrogen-bond acceptors (Lipinski definition) is 4. The average Bonchev–Trinajstić information content (AvgIpc) is 3.01. The summed E-state index contributed by atoms with van der Waals surface area (Å²) in [7, 11) is 1.79. The number of rotatable bonds is 4. The van der Waals surface area contributed by atoms with Crippen molar-refractivity contribution in [1.29, 1.82) is 0 Å². The van der Waals surface area contributed by atoms with Gasteiger partial charge in [-0.25, -0.2) is 9.97 Å². The molecule has 0 radical (unpaired) electrons. The van der Waals surface area contributed by atoms with E-state index < -0.39 is 17.8 Å². The van der Waals surface area contributed by atoms with Gasteiger partial charge < -0.3 is 5.32 Å². The molecule has 0 aliphatic rings. The van der Waals surface area contributed by atoms with Crippen molar-refractivity contribution in [2.24, 2.45) is 7.05 Å². The molecule has 2 aromatic heterocycles. The van der Waals surface area contributed by atoms with Crippen LogP contribution >= 0.6 is 0 Å². The molecule has 1 unspecified atom stereocenters. The highest BCUT2D eigenvalue weighted by Gasteiger charge is 2.34. The van der Waals surface area contributed by atoms with Crippen LogP contribution in [0.15, 0.2) is 48.9 Å². The van der Waals surface area contributed by atoms with E-state index in [1.807, 2.05) is 0 Å². The van der Waals surface area contributed by atoms with E-state index >= 15 is 0 Å². The molecule has 130 valence electrons. The van der Waals surface area contributed by atoms with Crippen molar-refractivity contribution < 1.29 is 13.2 Å². The maximum absolute atomic E-state index is 13.2. The van der Waals surface area contributed by atoms with Crippen molar-refractivity contribution in [3.63, 3.8) is 0 Å². The monoisotopic (exact) mass is 347 g/mol. The van der Waals surface area contributed by atoms with Crippen molar-refractivity contribution in [2.75, 3.05) is 5.32 Å². The molecule has 3 aromatic rings. The average molecular weight is 347 g/mol. The van der Waals surface area contributed by atoms with Crippen LogP contribution in [-0.4, -0.2) is 19.7 Å². The zero-order valence-corrected chi connectivity index (χ0v) is 13.6. The highest BCUT2D eigenvalue weighted by atomic mass is 19.4. The molecule has 0 spiro atoms. The van der Waals surface area contributed by atoms with E-state index in [1.54, 1.807) is 49.4 Å². The molecule has 5 nitrogen and oxygen atoms in total. The summed E-state index contributed by atoms with van der Waals surface area (Å²) in [5.74, 6) is 0.255. The van der Waals surface area contributed by atoms with Crippen molar-refractivity contribution in [3.8, 4) is 11.3 Å². The van der Waals surface area contributed by atoms with Crippen LogP contribution in [0.2, 0.25) is 0 Å². The number of nitrogens with one attached hydrogen (secondary N) is 1. The van der Waals surface area contributed by atoms with Gasteiger partial charge in [0.05, 0.1) is 23.5 Å². The molecule has 1 atom stereocenters. The van der Waals surface area contributed by atoms with E-state index in [0.717, 1.165) is 11.6 Å². The Morgan fingerprint density at radius 1 is 1.16 bits per heavy atom. The first-order valence-corrected chi connectivity index (χ1v) is 7.59. The van der Waals surface area contributed by atoms with Gasteiger partial charge in [0.2, 0.25) is 5.95 Å². The number of benzene rings is 1. The number of hydrogen-bond donors (Lipinski definition) is 1. The summed E-state index contributed by atoms with van der Waals surface area (Å²) in [5.41, 5.74) is 0.919. The quantitative estimate of drug-likeness (QED) is 0.773. The van der Waals surface area contributed by atoms with E-state index in [4.69, 9.17) is 0 Å². The van der Waals surface area contributed by atoms with Crippen LogP contribution in [0.1, 0.15) is 24.1 Å². The van der Waals surface area contributed by atoms with Gasteiger partial charge in [0, 0.05) is 25.0 Å². The Labute approximate surface area is 142 Å². The summed E-state index contributed by atoms with van der Waals surface area (Å²) < 4.78 is 41.1. The summed E-state index contributed by atoms with van der Waals surface area (Å²) in [6.07, 6.45) is 0.605. The van der Waals surface area contributed by atoms with Gasteiger partial charge in [-0.3, -0.25) is 4.68 Å². The summed E-state index contributed by atoms with van der Waals surface area (Å²) >= 11 is 0. The second kappa shape index (κ2) is 6.54. The Morgan fingerprint density at radius 2 is 1.92 bits per heavy atom. The van der Waals surface area contributed by atoms with Crippen LogP contribution in [0.5, 0.6) is 0 Å². The third-order valence-electron chi connectivity index (χ3n) is 3.73. The number of halogens is 3. The lowest BCUT2D eigenvalue weighted by atomic mass is 10.0. The minimum atomic E-state index is -4.41. The predicted molar refractivity (Wildman–Crippen MR) is 87.7 cm³/mol. The molecule has 25 heavy (non-hydrogen) atoms. The van der Waals surface area contributed by atoms with E-state index in [9.17, 15) is 13.2 Å². The number of nitrogens with zero attached hydrogens (tertiary/aromatic N) is 4. The normalized spacial score (nSPS) is 12.8. The largest absolute Gasteiger partial charge is 0.416 e. The van der Waals surface area contributed by atoms with Crippen LogP contribution in [0.25, 0.3) is 11.3 Å². The Morgan fingerprint density at radius 3 is 2.60 bits per heavy atom. The third-order valence-corrected chi connectivity index (χ3v) is 3.73. The van der Waals surface area contributed by atoms with Crippen LogP contribution in [0, 0.1) is 0 Å². The van der Waals surface area contributed by atoms with Gasteiger partial charge in [0.15, 0.2) is 0 Å². The molecule has 3 rings (SSSR count). The zero-order valence-electron chi connectivity index (χ0n) is 13.6. The van der Waals surface area contributed by atoms with Crippen LogP contribution in [0.4, 0.5) is 19.1 Å². The van der Waals surface area contributed by atoms with Gasteiger partial charge >= 0.3 is 6.18 Å². The SMILES string of the molecule is CC(Nc1nccc(-c2cnn(C)c2)n1)c1ccccc1C(F)(F)F.